The second-order valence-corrected chi connectivity index (χ2v) is 9.76. The van der Waals surface area contributed by atoms with E-state index in [9.17, 15) is 9.59 Å². The van der Waals surface area contributed by atoms with Gasteiger partial charge in [0.2, 0.25) is 0 Å². The van der Waals surface area contributed by atoms with E-state index in [0.29, 0.717) is 24.4 Å². The molecule has 0 radical (unpaired) electrons. The highest BCUT2D eigenvalue weighted by atomic mass is 16.6. The Morgan fingerprint density at radius 1 is 1.22 bits per heavy atom. The van der Waals surface area contributed by atoms with E-state index in [1.807, 2.05) is 32.9 Å². The zero-order valence-electron chi connectivity index (χ0n) is 21.9. The van der Waals surface area contributed by atoms with E-state index in [1.165, 1.54) is 18.9 Å². The highest BCUT2D eigenvalue weighted by Gasteiger charge is 2.36. The molecule has 190 valence electrons. The van der Waals surface area contributed by atoms with E-state index in [1.54, 1.807) is 17.9 Å². The highest BCUT2D eigenvalue weighted by Crippen LogP contribution is 2.37. The van der Waals surface area contributed by atoms with E-state index in [0.717, 1.165) is 22.3 Å². The van der Waals surface area contributed by atoms with Crippen molar-refractivity contribution in [3.8, 4) is 11.1 Å². The average Bonchev–Trinajstić information content (AvgIpc) is 3.20. The molecule has 36 heavy (non-hydrogen) atoms. The van der Waals surface area contributed by atoms with Crippen molar-refractivity contribution in [3.63, 3.8) is 0 Å². The minimum Gasteiger partial charge on any atom is -0.465 e. The second-order valence-electron chi connectivity index (χ2n) is 9.76. The van der Waals surface area contributed by atoms with Gasteiger partial charge in [0.1, 0.15) is 5.60 Å². The van der Waals surface area contributed by atoms with Crippen molar-refractivity contribution in [3.05, 3.63) is 82.7 Å². The molecule has 0 aromatic heterocycles. The normalized spacial score (nSPS) is 15.8. The lowest BCUT2D eigenvalue weighted by Crippen LogP contribution is -2.39. The van der Waals surface area contributed by atoms with E-state index < -0.39 is 11.6 Å². The molecule has 0 aliphatic carbocycles. The number of methoxy groups -OCH3 is 1. The molecule has 1 heterocycles. The van der Waals surface area contributed by atoms with Gasteiger partial charge in [-0.2, -0.15) is 0 Å². The molecule has 0 spiro atoms. The van der Waals surface area contributed by atoms with Crippen molar-refractivity contribution in [2.45, 2.75) is 52.8 Å². The fourth-order valence-corrected chi connectivity index (χ4v) is 4.25. The van der Waals surface area contributed by atoms with Crippen LogP contribution < -0.4 is 5.32 Å². The van der Waals surface area contributed by atoms with Crippen LogP contribution in [0.15, 0.2) is 71.0 Å². The van der Waals surface area contributed by atoms with Crippen molar-refractivity contribution in [1.82, 2.24) is 10.2 Å². The summed E-state index contributed by atoms with van der Waals surface area (Å²) in [5.41, 5.74) is 5.89. The minimum absolute atomic E-state index is 0.281. The zero-order chi connectivity index (χ0) is 26.5. The summed E-state index contributed by atoms with van der Waals surface area (Å²) in [5, 5.41) is 3.31. The van der Waals surface area contributed by atoms with Crippen LogP contribution in [0.1, 0.15) is 50.4 Å². The number of aliphatic imine (C=N–C) groups is 1. The summed E-state index contributed by atoms with van der Waals surface area (Å²) >= 11 is 0. The Morgan fingerprint density at radius 3 is 2.58 bits per heavy atom. The molecule has 0 saturated carbocycles. The average molecular weight is 490 g/mol. The van der Waals surface area contributed by atoms with Crippen LogP contribution in [0.25, 0.3) is 11.1 Å². The maximum absolute atomic E-state index is 13.2. The van der Waals surface area contributed by atoms with Gasteiger partial charge in [-0.05, 0) is 81.3 Å². The smallest absolute Gasteiger partial charge is 0.411 e. The van der Waals surface area contributed by atoms with Crippen LogP contribution in [0.4, 0.5) is 4.79 Å². The van der Waals surface area contributed by atoms with Gasteiger partial charge in [-0.1, -0.05) is 36.4 Å². The molecule has 0 bridgehead atoms. The number of rotatable bonds is 7. The number of carbonyl (C=O) groups excluding carboxylic acids is 2. The number of esters is 1. The van der Waals surface area contributed by atoms with Gasteiger partial charge in [-0.3, -0.25) is 9.89 Å². The molecule has 1 N–H and O–H groups in total. The maximum atomic E-state index is 13.2. The van der Waals surface area contributed by atoms with Gasteiger partial charge in [-0.15, -0.1) is 0 Å². The van der Waals surface area contributed by atoms with Gasteiger partial charge in [0, 0.05) is 18.4 Å². The Balaban J connectivity index is 1.96. The third kappa shape index (κ3) is 6.22. The van der Waals surface area contributed by atoms with Crippen LogP contribution in [0.2, 0.25) is 0 Å². The molecule has 0 unspecified atom stereocenters. The number of ether oxygens (including phenoxy) is 2. The first-order valence-electron chi connectivity index (χ1n) is 11.9. The molecule has 1 atom stereocenters. The van der Waals surface area contributed by atoms with E-state index >= 15 is 0 Å². The van der Waals surface area contributed by atoms with Crippen LogP contribution in [-0.2, 0) is 20.8 Å². The molecule has 0 fully saturated rings. The first kappa shape index (κ1) is 26.7. The van der Waals surface area contributed by atoms with Gasteiger partial charge < -0.3 is 14.8 Å². The number of nitrogens with zero attached hydrogens (tertiary/aromatic N) is 2. The van der Waals surface area contributed by atoms with Crippen LogP contribution in [0.5, 0.6) is 0 Å². The van der Waals surface area contributed by atoms with Crippen molar-refractivity contribution in [1.29, 1.82) is 0 Å². The van der Waals surface area contributed by atoms with E-state index in [4.69, 9.17) is 9.47 Å². The van der Waals surface area contributed by atoms with Crippen LogP contribution >= 0.6 is 0 Å². The third-order valence-corrected chi connectivity index (χ3v) is 6.02. The molecule has 1 amide bonds. The lowest BCUT2D eigenvalue weighted by Gasteiger charge is -2.29. The number of nitrogens with one attached hydrogen (secondary N) is 1. The lowest BCUT2D eigenvalue weighted by molar-refractivity contribution is -0.135. The van der Waals surface area contributed by atoms with Crippen molar-refractivity contribution < 1.29 is 19.1 Å². The number of fused-ring (bicyclic) bond motifs is 1. The van der Waals surface area contributed by atoms with Crippen LogP contribution in [0.3, 0.4) is 0 Å². The first-order chi connectivity index (χ1) is 17.1. The maximum Gasteiger partial charge on any atom is 0.411 e. The van der Waals surface area contributed by atoms with Gasteiger partial charge in [0.05, 0.1) is 25.3 Å². The quantitative estimate of drug-likeness (QED) is 0.233. The van der Waals surface area contributed by atoms with Gasteiger partial charge in [-0.25, -0.2) is 9.59 Å². The highest BCUT2D eigenvalue weighted by molar-refractivity contribution is 5.92. The van der Waals surface area contributed by atoms with Gasteiger partial charge in [0.15, 0.2) is 0 Å². The molecule has 2 aromatic carbocycles. The predicted octanol–water partition coefficient (Wildman–Crippen LogP) is 5.70. The largest absolute Gasteiger partial charge is 0.465 e. The summed E-state index contributed by atoms with van der Waals surface area (Å²) in [6.07, 6.45) is 2.60. The Morgan fingerprint density at radius 2 is 1.94 bits per heavy atom. The third-order valence-electron chi connectivity index (χ3n) is 6.02. The second kappa shape index (κ2) is 11.2. The van der Waals surface area contributed by atoms with Crippen LogP contribution in [0, 0.1) is 6.92 Å². The zero-order valence-corrected chi connectivity index (χ0v) is 21.9. The Hall–Kier alpha value is -3.87. The summed E-state index contributed by atoms with van der Waals surface area (Å²) < 4.78 is 10.6. The summed E-state index contributed by atoms with van der Waals surface area (Å²) in [4.78, 5) is 30.9. The lowest BCUT2D eigenvalue weighted by atomic mass is 9.95. The topological polar surface area (TPSA) is 80.2 Å². The van der Waals surface area contributed by atoms with E-state index in [-0.39, 0.29) is 12.1 Å². The molecule has 1 aliphatic rings. The molecule has 1 aliphatic heterocycles. The minimum atomic E-state index is -0.619. The van der Waals surface area contributed by atoms with Gasteiger partial charge >= 0.3 is 12.1 Å². The number of aryl methyl sites for hydroxylation is 1. The van der Waals surface area contributed by atoms with Crippen molar-refractivity contribution >= 4 is 18.8 Å². The summed E-state index contributed by atoms with van der Waals surface area (Å²) in [6, 6.07) is 14.3. The molecule has 7 heteroatoms. The molecule has 2 aromatic rings. The van der Waals surface area contributed by atoms with E-state index in [2.05, 4.69) is 54.3 Å². The number of hydrogen-bond acceptors (Lipinski definition) is 6. The number of carbonyl (C=O) groups is 2. The van der Waals surface area contributed by atoms with Crippen molar-refractivity contribution in [2.75, 3.05) is 13.7 Å². The molecular formula is C29H35N3O4. The summed E-state index contributed by atoms with van der Waals surface area (Å²) in [6.45, 7) is 13.7. The Bertz CT molecular complexity index is 1210. The Labute approximate surface area is 213 Å². The fraction of sp³-hybridized carbons (Fsp3) is 0.345. The molecular weight excluding hydrogens is 454 g/mol. The summed E-state index contributed by atoms with van der Waals surface area (Å²) in [5.74, 6) is -0.487. The predicted molar refractivity (Wildman–Crippen MR) is 143 cm³/mol. The SMILES string of the molecule is C=N/C=C\C(C(=O)OC)=C(/C)NC[C@@H]1c2ccc(-c3ccccc3C)cc2CN1C(=O)OC(C)(C)C. The summed E-state index contributed by atoms with van der Waals surface area (Å²) in [7, 11) is 1.33. The molecule has 7 nitrogen and oxygen atoms in total. The van der Waals surface area contributed by atoms with Crippen molar-refractivity contribution in [2.24, 2.45) is 4.99 Å². The standard InChI is InChI=1S/C29H35N3O4/c1-19-10-8-9-11-23(19)21-12-13-25-22(16-21)18-32(28(34)36-29(3,4)5)26(25)17-31-20(2)24(14-15-30-6)27(33)35-7/h8-16,26,31H,6,17-18H2,1-5,7H3/b15-14-,24-20-/t26-/m1/s1. The monoisotopic (exact) mass is 489 g/mol. The number of amides is 1. The fourth-order valence-electron chi connectivity index (χ4n) is 4.25. The van der Waals surface area contributed by atoms with Crippen LogP contribution in [-0.4, -0.2) is 42.9 Å². The number of benzene rings is 2. The number of allylic oxidation sites excluding steroid dienone is 1. The number of hydrogen-bond donors (Lipinski definition) is 1. The molecule has 3 rings (SSSR count). The first-order valence-corrected chi connectivity index (χ1v) is 11.9. The molecule has 0 saturated heterocycles. The Kier molecular flexibility index (Phi) is 8.35. The van der Waals surface area contributed by atoms with Gasteiger partial charge in [0.25, 0.3) is 0 Å².